The number of hydrogen-bond donors (Lipinski definition) is 1. The van der Waals surface area contributed by atoms with E-state index in [9.17, 15) is 9.90 Å². The lowest BCUT2D eigenvalue weighted by Gasteiger charge is -2.19. The largest absolute Gasteiger partial charge is 0.393 e. The van der Waals surface area contributed by atoms with Gasteiger partial charge in [-0.15, -0.1) is 0 Å². The van der Waals surface area contributed by atoms with E-state index in [0.717, 1.165) is 19.1 Å². The molecular formula is C11H20O2. The van der Waals surface area contributed by atoms with Crippen LogP contribution in [0.4, 0.5) is 0 Å². The Morgan fingerprint density at radius 2 is 2.00 bits per heavy atom. The van der Waals surface area contributed by atoms with Crippen molar-refractivity contribution in [3.8, 4) is 0 Å². The predicted octanol–water partition coefficient (Wildman–Crippen LogP) is 2.32. The van der Waals surface area contributed by atoms with Gasteiger partial charge in [-0.05, 0) is 30.8 Å². The van der Waals surface area contributed by atoms with Crippen LogP contribution in [0.5, 0.6) is 0 Å². The molecule has 0 aliphatic carbocycles. The SMILES string of the molecule is CC(C)(C)CCC(O)CC=CC=O. The molecule has 0 aliphatic rings. The standard InChI is InChI=1S/C11H20O2/c1-11(2,3)8-7-10(13)6-4-5-9-12/h4-5,9-10,13H,6-8H2,1-3H3. The number of aliphatic hydroxyl groups excluding tert-OH is 1. The number of aldehydes is 1. The van der Waals surface area contributed by atoms with Crippen LogP contribution >= 0.6 is 0 Å². The predicted molar refractivity (Wildman–Crippen MR) is 54.5 cm³/mol. The Kier molecular flexibility index (Phi) is 5.63. The van der Waals surface area contributed by atoms with Gasteiger partial charge in [-0.1, -0.05) is 26.8 Å². The molecule has 0 bridgehead atoms. The zero-order chi connectivity index (χ0) is 10.3. The third-order valence-corrected chi connectivity index (χ3v) is 1.85. The maximum atomic E-state index is 9.94. The van der Waals surface area contributed by atoms with Gasteiger partial charge in [-0.2, -0.15) is 0 Å². The van der Waals surface area contributed by atoms with Gasteiger partial charge in [-0.3, -0.25) is 4.79 Å². The summed E-state index contributed by atoms with van der Waals surface area (Å²) in [7, 11) is 0. The van der Waals surface area contributed by atoms with Crippen LogP contribution < -0.4 is 0 Å². The second kappa shape index (κ2) is 5.92. The van der Waals surface area contributed by atoms with Crippen LogP contribution in [-0.4, -0.2) is 17.5 Å². The summed E-state index contributed by atoms with van der Waals surface area (Å²) < 4.78 is 0. The average molecular weight is 184 g/mol. The molecule has 0 heterocycles. The zero-order valence-corrected chi connectivity index (χ0v) is 8.79. The lowest BCUT2D eigenvalue weighted by molar-refractivity contribution is -0.104. The van der Waals surface area contributed by atoms with E-state index in [-0.39, 0.29) is 11.5 Å². The van der Waals surface area contributed by atoms with Gasteiger partial charge in [0.1, 0.15) is 6.29 Å². The second-order valence-electron chi connectivity index (χ2n) is 4.55. The molecule has 1 N–H and O–H groups in total. The third kappa shape index (κ3) is 9.28. The van der Waals surface area contributed by atoms with Crippen LogP contribution in [0.1, 0.15) is 40.0 Å². The number of rotatable bonds is 5. The molecule has 0 radical (unpaired) electrons. The smallest absolute Gasteiger partial charge is 0.142 e. The molecule has 0 aliphatic heterocycles. The summed E-state index contributed by atoms with van der Waals surface area (Å²) in [5.74, 6) is 0. The fourth-order valence-corrected chi connectivity index (χ4v) is 1.01. The van der Waals surface area contributed by atoms with Crippen LogP contribution in [0.3, 0.4) is 0 Å². The van der Waals surface area contributed by atoms with Crippen molar-refractivity contribution in [3.63, 3.8) is 0 Å². The Balaban J connectivity index is 3.57. The molecule has 0 amide bonds. The van der Waals surface area contributed by atoms with E-state index in [1.165, 1.54) is 6.08 Å². The molecule has 0 aromatic heterocycles. The molecule has 0 aromatic rings. The number of aliphatic hydroxyl groups is 1. The Hall–Kier alpha value is -0.630. The maximum Gasteiger partial charge on any atom is 0.142 e. The summed E-state index contributed by atoms with van der Waals surface area (Å²) in [5.41, 5.74) is 0.273. The molecule has 2 nitrogen and oxygen atoms in total. The second-order valence-corrected chi connectivity index (χ2v) is 4.55. The topological polar surface area (TPSA) is 37.3 Å². The van der Waals surface area contributed by atoms with Crippen molar-refractivity contribution < 1.29 is 9.90 Å². The summed E-state index contributed by atoms with van der Waals surface area (Å²) in [5, 5.41) is 9.47. The van der Waals surface area contributed by atoms with Crippen LogP contribution in [-0.2, 0) is 4.79 Å². The number of carbonyl (C=O) groups excluding carboxylic acids is 1. The first-order chi connectivity index (χ1) is 5.95. The first-order valence-corrected chi connectivity index (χ1v) is 4.74. The minimum absolute atomic E-state index is 0.273. The Labute approximate surface area is 80.7 Å². The van der Waals surface area contributed by atoms with E-state index < -0.39 is 0 Å². The molecule has 0 spiro atoms. The third-order valence-electron chi connectivity index (χ3n) is 1.85. The van der Waals surface area contributed by atoms with Crippen molar-refractivity contribution >= 4 is 6.29 Å². The zero-order valence-electron chi connectivity index (χ0n) is 8.79. The van der Waals surface area contributed by atoms with Crippen molar-refractivity contribution in [2.75, 3.05) is 0 Å². The summed E-state index contributed by atoms with van der Waals surface area (Å²) in [6.07, 6.45) is 5.94. The van der Waals surface area contributed by atoms with Crippen LogP contribution in [0, 0.1) is 5.41 Å². The molecule has 13 heavy (non-hydrogen) atoms. The van der Waals surface area contributed by atoms with Crippen LogP contribution in [0.25, 0.3) is 0 Å². The molecule has 1 unspecified atom stereocenters. The number of hydrogen-bond acceptors (Lipinski definition) is 2. The van der Waals surface area contributed by atoms with Crippen molar-refractivity contribution in [3.05, 3.63) is 12.2 Å². The first-order valence-electron chi connectivity index (χ1n) is 4.74. The summed E-state index contributed by atoms with van der Waals surface area (Å²) in [6.45, 7) is 6.46. The minimum atomic E-state index is -0.310. The highest BCUT2D eigenvalue weighted by molar-refractivity contribution is 5.64. The van der Waals surface area contributed by atoms with E-state index >= 15 is 0 Å². The fourth-order valence-electron chi connectivity index (χ4n) is 1.01. The molecule has 0 aromatic carbocycles. The highest BCUT2D eigenvalue weighted by Crippen LogP contribution is 2.22. The number of allylic oxidation sites excluding steroid dienone is 1. The molecule has 0 fully saturated rings. The monoisotopic (exact) mass is 184 g/mol. The molecular weight excluding hydrogens is 164 g/mol. The Morgan fingerprint density at radius 3 is 2.46 bits per heavy atom. The lowest BCUT2D eigenvalue weighted by Crippen LogP contribution is -2.12. The van der Waals surface area contributed by atoms with Crippen LogP contribution in [0.15, 0.2) is 12.2 Å². The molecule has 2 heteroatoms. The van der Waals surface area contributed by atoms with Gasteiger partial charge in [0.05, 0.1) is 6.10 Å². The quantitative estimate of drug-likeness (QED) is 0.526. The van der Waals surface area contributed by atoms with Gasteiger partial charge < -0.3 is 5.11 Å². The normalized spacial score (nSPS) is 14.8. The average Bonchev–Trinajstić information content (AvgIpc) is 2.00. The van der Waals surface area contributed by atoms with E-state index in [4.69, 9.17) is 0 Å². The Bertz CT molecular complexity index is 165. The van der Waals surface area contributed by atoms with Gasteiger partial charge >= 0.3 is 0 Å². The van der Waals surface area contributed by atoms with E-state index in [2.05, 4.69) is 20.8 Å². The molecule has 0 saturated heterocycles. The molecule has 1 atom stereocenters. The summed E-state index contributed by atoms with van der Waals surface area (Å²) >= 11 is 0. The highest BCUT2D eigenvalue weighted by atomic mass is 16.3. The van der Waals surface area contributed by atoms with Gasteiger partial charge in [0.25, 0.3) is 0 Å². The fraction of sp³-hybridized carbons (Fsp3) is 0.727. The minimum Gasteiger partial charge on any atom is -0.393 e. The highest BCUT2D eigenvalue weighted by Gasteiger charge is 2.12. The van der Waals surface area contributed by atoms with E-state index in [1.54, 1.807) is 6.08 Å². The number of carbonyl (C=O) groups is 1. The van der Waals surface area contributed by atoms with Gasteiger partial charge in [0.2, 0.25) is 0 Å². The lowest BCUT2D eigenvalue weighted by atomic mass is 9.89. The van der Waals surface area contributed by atoms with Crippen molar-refractivity contribution in [2.45, 2.75) is 46.1 Å². The summed E-state index contributed by atoms with van der Waals surface area (Å²) in [6, 6.07) is 0. The van der Waals surface area contributed by atoms with E-state index in [0.29, 0.717) is 6.42 Å². The van der Waals surface area contributed by atoms with Crippen molar-refractivity contribution in [1.82, 2.24) is 0 Å². The van der Waals surface area contributed by atoms with Gasteiger partial charge in [-0.25, -0.2) is 0 Å². The Morgan fingerprint density at radius 1 is 1.38 bits per heavy atom. The van der Waals surface area contributed by atoms with Gasteiger partial charge in [0.15, 0.2) is 0 Å². The molecule has 0 saturated carbocycles. The maximum absolute atomic E-state index is 9.94. The molecule has 76 valence electrons. The van der Waals surface area contributed by atoms with Crippen molar-refractivity contribution in [2.24, 2.45) is 5.41 Å². The van der Waals surface area contributed by atoms with Gasteiger partial charge in [0, 0.05) is 0 Å². The first kappa shape index (κ1) is 12.4. The van der Waals surface area contributed by atoms with E-state index in [1.807, 2.05) is 0 Å². The molecule has 0 rings (SSSR count). The van der Waals surface area contributed by atoms with Crippen molar-refractivity contribution in [1.29, 1.82) is 0 Å². The van der Waals surface area contributed by atoms with Crippen LogP contribution in [0.2, 0.25) is 0 Å². The summed E-state index contributed by atoms with van der Waals surface area (Å²) in [4.78, 5) is 9.94.